The molecule has 2 rings (SSSR count). The highest BCUT2D eigenvalue weighted by atomic mass is 16.3. The van der Waals surface area contributed by atoms with Gasteiger partial charge in [-0.3, -0.25) is 4.90 Å². The first kappa shape index (κ1) is 14.7. The molecule has 0 aliphatic heterocycles. The first-order valence-electron chi connectivity index (χ1n) is 6.88. The number of aliphatic hydroxyl groups excluding tert-OH is 1. The molecular formula is C17H22N2O. The molecule has 2 aromatic rings. The predicted molar refractivity (Wildman–Crippen MR) is 82.1 cm³/mol. The molecule has 3 nitrogen and oxygen atoms in total. The molecule has 0 heterocycles. The molecule has 0 saturated heterocycles. The fourth-order valence-electron chi connectivity index (χ4n) is 2.24. The second-order valence-electron chi connectivity index (χ2n) is 5.14. The predicted octanol–water partition coefficient (Wildman–Crippen LogP) is 2.31. The van der Waals surface area contributed by atoms with Crippen molar-refractivity contribution in [3.63, 3.8) is 0 Å². The van der Waals surface area contributed by atoms with Crippen LogP contribution in [-0.4, -0.2) is 23.6 Å². The number of nitrogens with two attached hydrogens (primary N) is 1. The van der Waals surface area contributed by atoms with E-state index in [2.05, 4.69) is 17.0 Å². The topological polar surface area (TPSA) is 49.5 Å². The number of likely N-dealkylation sites (N-methyl/N-ethyl adjacent to an activating group) is 1. The van der Waals surface area contributed by atoms with E-state index in [1.165, 1.54) is 5.56 Å². The van der Waals surface area contributed by atoms with E-state index in [-0.39, 0.29) is 0 Å². The van der Waals surface area contributed by atoms with Crippen LogP contribution in [0.4, 0.5) is 0 Å². The Kier molecular flexibility index (Phi) is 5.30. The van der Waals surface area contributed by atoms with Gasteiger partial charge in [-0.2, -0.15) is 0 Å². The minimum atomic E-state index is -0.476. The standard InChI is InChI=1S/C17H22N2O/c1-19(12-15-5-3-2-4-6-15)13-17(20)16-9-7-14(11-18)8-10-16/h2-10,17,20H,11-13,18H2,1H3. The van der Waals surface area contributed by atoms with Gasteiger partial charge in [-0.1, -0.05) is 54.6 Å². The molecule has 0 fully saturated rings. The summed E-state index contributed by atoms with van der Waals surface area (Å²) in [5.41, 5.74) is 8.84. The van der Waals surface area contributed by atoms with Crippen LogP contribution in [0, 0.1) is 0 Å². The van der Waals surface area contributed by atoms with Crippen molar-refractivity contribution in [3.8, 4) is 0 Å². The quantitative estimate of drug-likeness (QED) is 0.847. The summed E-state index contributed by atoms with van der Waals surface area (Å²) in [4.78, 5) is 2.12. The second-order valence-corrected chi connectivity index (χ2v) is 5.14. The zero-order valence-corrected chi connectivity index (χ0v) is 11.9. The summed E-state index contributed by atoms with van der Waals surface area (Å²) < 4.78 is 0. The number of hydrogen-bond acceptors (Lipinski definition) is 3. The van der Waals surface area contributed by atoms with Crippen molar-refractivity contribution < 1.29 is 5.11 Å². The summed E-state index contributed by atoms with van der Waals surface area (Å²) in [5.74, 6) is 0. The fraction of sp³-hybridized carbons (Fsp3) is 0.294. The molecular weight excluding hydrogens is 248 g/mol. The highest BCUT2D eigenvalue weighted by Gasteiger charge is 2.10. The van der Waals surface area contributed by atoms with E-state index in [1.807, 2.05) is 49.5 Å². The van der Waals surface area contributed by atoms with Gasteiger partial charge in [-0.05, 0) is 23.7 Å². The zero-order chi connectivity index (χ0) is 14.4. The van der Waals surface area contributed by atoms with Crippen LogP contribution in [0.2, 0.25) is 0 Å². The van der Waals surface area contributed by atoms with Crippen LogP contribution in [0.1, 0.15) is 22.8 Å². The third-order valence-electron chi connectivity index (χ3n) is 3.38. The van der Waals surface area contributed by atoms with Crippen molar-refractivity contribution in [2.75, 3.05) is 13.6 Å². The minimum Gasteiger partial charge on any atom is -0.387 e. The molecule has 0 aliphatic rings. The lowest BCUT2D eigenvalue weighted by atomic mass is 10.1. The smallest absolute Gasteiger partial charge is 0.0916 e. The Morgan fingerprint density at radius 2 is 1.65 bits per heavy atom. The molecule has 106 valence electrons. The highest BCUT2D eigenvalue weighted by molar-refractivity contribution is 5.24. The van der Waals surface area contributed by atoms with Gasteiger partial charge < -0.3 is 10.8 Å². The highest BCUT2D eigenvalue weighted by Crippen LogP contribution is 2.15. The minimum absolute atomic E-state index is 0.476. The summed E-state index contributed by atoms with van der Waals surface area (Å²) in [7, 11) is 2.02. The Morgan fingerprint density at radius 1 is 1.00 bits per heavy atom. The SMILES string of the molecule is CN(Cc1ccccc1)CC(O)c1ccc(CN)cc1. The number of aliphatic hydroxyl groups is 1. The molecule has 3 heteroatoms. The van der Waals surface area contributed by atoms with Crippen LogP contribution >= 0.6 is 0 Å². The largest absolute Gasteiger partial charge is 0.387 e. The van der Waals surface area contributed by atoms with Gasteiger partial charge in [0.25, 0.3) is 0 Å². The molecule has 20 heavy (non-hydrogen) atoms. The Labute approximate surface area is 120 Å². The summed E-state index contributed by atoms with van der Waals surface area (Å²) in [6.45, 7) is 1.97. The summed E-state index contributed by atoms with van der Waals surface area (Å²) >= 11 is 0. The van der Waals surface area contributed by atoms with Crippen LogP contribution in [0.5, 0.6) is 0 Å². The van der Waals surface area contributed by atoms with Gasteiger partial charge in [-0.15, -0.1) is 0 Å². The molecule has 1 atom stereocenters. The van der Waals surface area contributed by atoms with E-state index in [4.69, 9.17) is 5.73 Å². The van der Waals surface area contributed by atoms with Crippen molar-refractivity contribution in [2.45, 2.75) is 19.2 Å². The van der Waals surface area contributed by atoms with E-state index in [0.29, 0.717) is 13.1 Å². The van der Waals surface area contributed by atoms with E-state index < -0.39 is 6.10 Å². The maximum Gasteiger partial charge on any atom is 0.0916 e. The molecule has 0 saturated carbocycles. The first-order chi connectivity index (χ1) is 9.69. The third kappa shape index (κ3) is 4.17. The van der Waals surface area contributed by atoms with Crippen molar-refractivity contribution in [1.29, 1.82) is 0 Å². The lowest BCUT2D eigenvalue weighted by molar-refractivity contribution is 0.124. The summed E-state index contributed by atoms with van der Waals surface area (Å²) in [6, 6.07) is 18.1. The molecule has 3 N–H and O–H groups in total. The van der Waals surface area contributed by atoms with Crippen molar-refractivity contribution >= 4 is 0 Å². The van der Waals surface area contributed by atoms with Gasteiger partial charge >= 0.3 is 0 Å². The van der Waals surface area contributed by atoms with E-state index in [0.717, 1.165) is 17.7 Å². The summed E-state index contributed by atoms with van der Waals surface area (Å²) in [5, 5.41) is 10.3. The normalized spacial score (nSPS) is 12.6. The average Bonchev–Trinajstić information content (AvgIpc) is 2.48. The maximum absolute atomic E-state index is 10.3. The van der Waals surface area contributed by atoms with E-state index >= 15 is 0 Å². The average molecular weight is 270 g/mol. The second kappa shape index (κ2) is 7.20. The molecule has 0 bridgehead atoms. The maximum atomic E-state index is 10.3. The van der Waals surface area contributed by atoms with Gasteiger partial charge in [0.15, 0.2) is 0 Å². The van der Waals surface area contributed by atoms with E-state index in [1.54, 1.807) is 0 Å². The van der Waals surface area contributed by atoms with Gasteiger partial charge in [0.05, 0.1) is 6.10 Å². The molecule has 0 aliphatic carbocycles. The van der Waals surface area contributed by atoms with Gasteiger partial charge in [0.1, 0.15) is 0 Å². The Morgan fingerprint density at radius 3 is 2.25 bits per heavy atom. The molecule has 1 unspecified atom stereocenters. The van der Waals surface area contributed by atoms with E-state index in [9.17, 15) is 5.11 Å². The van der Waals surface area contributed by atoms with Crippen LogP contribution in [0.15, 0.2) is 54.6 Å². The molecule has 2 aromatic carbocycles. The number of rotatable bonds is 6. The lowest BCUT2D eigenvalue weighted by Gasteiger charge is -2.21. The molecule has 0 aromatic heterocycles. The van der Waals surface area contributed by atoms with Gasteiger partial charge in [-0.25, -0.2) is 0 Å². The Hall–Kier alpha value is -1.68. The number of hydrogen-bond donors (Lipinski definition) is 2. The van der Waals surface area contributed by atoms with Gasteiger partial charge in [0.2, 0.25) is 0 Å². The molecule has 0 radical (unpaired) electrons. The van der Waals surface area contributed by atoms with Crippen LogP contribution in [0.25, 0.3) is 0 Å². The van der Waals surface area contributed by atoms with Crippen LogP contribution in [0.3, 0.4) is 0 Å². The van der Waals surface area contributed by atoms with Crippen molar-refractivity contribution in [1.82, 2.24) is 4.90 Å². The Bertz CT molecular complexity index is 510. The lowest BCUT2D eigenvalue weighted by Crippen LogP contribution is -2.24. The molecule has 0 spiro atoms. The summed E-state index contributed by atoms with van der Waals surface area (Å²) in [6.07, 6.45) is -0.476. The van der Waals surface area contributed by atoms with Crippen LogP contribution < -0.4 is 5.73 Å². The van der Waals surface area contributed by atoms with Gasteiger partial charge in [0, 0.05) is 19.6 Å². The third-order valence-corrected chi connectivity index (χ3v) is 3.38. The first-order valence-corrected chi connectivity index (χ1v) is 6.88. The number of benzene rings is 2. The molecule has 0 amide bonds. The van der Waals surface area contributed by atoms with Crippen LogP contribution in [-0.2, 0) is 13.1 Å². The Balaban J connectivity index is 1.91. The zero-order valence-electron chi connectivity index (χ0n) is 11.9. The van der Waals surface area contributed by atoms with Crippen molar-refractivity contribution in [3.05, 3.63) is 71.3 Å². The fourth-order valence-corrected chi connectivity index (χ4v) is 2.24. The monoisotopic (exact) mass is 270 g/mol. The van der Waals surface area contributed by atoms with Crippen molar-refractivity contribution in [2.24, 2.45) is 5.73 Å². The number of nitrogens with zero attached hydrogens (tertiary/aromatic N) is 1.